The zero-order chi connectivity index (χ0) is 21.8. The predicted molar refractivity (Wildman–Crippen MR) is 119 cm³/mol. The summed E-state index contributed by atoms with van der Waals surface area (Å²) < 4.78 is 11.0. The zero-order valence-electron chi connectivity index (χ0n) is 17.9. The number of rotatable bonds is 7. The summed E-state index contributed by atoms with van der Waals surface area (Å²) in [5.41, 5.74) is 2.84. The van der Waals surface area contributed by atoms with Gasteiger partial charge in [-0.3, -0.25) is 9.80 Å². The van der Waals surface area contributed by atoms with E-state index in [4.69, 9.17) is 9.47 Å². The van der Waals surface area contributed by atoms with E-state index in [0.29, 0.717) is 36.1 Å². The first-order valence-electron chi connectivity index (χ1n) is 10.3. The normalized spacial score (nSPS) is 15.3. The second kappa shape index (κ2) is 9.29. The monoisotopic (exact) mass is 420 g/mol. The molecule has 1 fully saturated rings. The third-order valence-corrected chi connectivity index (χ3v) is 5.80. The SMILES string of the molecule is COc1ccc(C2N(Cc3ccccc3O)CCN2Cc2ccccc2O)cc1OC. The first-order chi connectivity index (χ1) is 15.1. The largest absolute Gasteiger partial charge is 0.508 e. The molecule has 0 spiro atoms. The Balaban J connectivity index is 1.68. The average molecular weight is 421 g/mol. The van der Waals surface area contributed by atoms with Gasteiger partial charge in [0, 0.05) is 37.3 Å². The van der Waals surface area contributed by atoms with Crippen LogP contribution in [0, 0.1) is 0 Å². The fraction of sp³-hybridized carbons (Fsp3) is 0.280. The first kappa shape index (κ1) is 21.0. The molecule has 3 aromatic carbocycles. The van der Waals surface area contributed by atoms with Crippen molar-refractivity contribution < 1.29 is 19.7 Å². The summed E-state index contributed by atoms with van der Waals surface area (Å²) in [6, 6.07) is 20.9. The lowest BCUT2D eigenvalue weighted by molar-refractivity contribution is 0.124. The average Bonchev–Trinajstić information content (AvgIpc) is 3.18. The van der Waals surface area contributed by atoms with Crippen molar-refractivity contribution in [1.82, 2.24) is 9.80 Å². The molecule has 3 aromatic rings. The van der Waals surface area contributed by atoms with Crippen molar-refractivity contribution in [3.8, 4) is 23.0 Å². The molecule has 0 radical (unpaired) electrons. The van der Waals surface area contributed by atoms with Crippen LogP contribution in [0.2, 0.25) is 0 Å². The summed E-state index contributed by atoms with van der Waals surface area (Å²) in [6.07, 6.45) is -0.0426. The van der Waals surface area contributed by atoms with Gasteiger partial charge in [-0.15, -0.1) is 0 Å². The second-order valence-corrected chi connectivity index (χ2v) is 7.69. The summed E-state index contributed by atoms with van der Waals surface area (Å²) in [6.45, 7) is 2.90. The smallest absolute Gasteiger partial charge is 0.161 e. The molecule has 0 saturated carbocycles. The molecule has 0 unspecified atom stereocenters. The summed E-state index contributed by atoms with van der Waals surface area (Å²) in [5.74, 6) is 1.96. The number of methoxy groups -OCH3 is 2. The van der Waals surface area contributed by atoms with Crippen molar-refractivity contribution in [3.05, 3.63) is 83.4 Å². The third kappa shape index (κ3) is 4.45. The Morgan fingerprint density at radius 2 is 1.26 bits per heavy atom. The van der Waals surface area contributed by atoms with Gasteiger partial charge in [-0.2, -0.15) is 0 Å². The molecule has 6 heteroatoms. The van der Waals surface area contributed by atoms with Crippen LogP contribution in [0.5, 0.6) is 23.0 Å². The number of phenolic OH excluding ortho intramolecular Hbond substituents is 2. The number of aromatic hydroxyl groups is 2. The molecule has 0 aliphatic carbocycles. The Morgan fingerprint density at radius 1 is 0.742 bits per heavy atom. The van der Waals surface area contributed by atoms with Gasteiger partial charge in [0.15, 0.2) is 11.5 Å². The number of benzene rings is 3. The van der Waals surface area contributed by atoms with Crippen molar-refractivity contribution in [2.75, 3.05) is 27.3 Å². The van der Waals surface area contributed by atoms with Gasteiger partial charge in [0.25, 0.3) is 0 Å². The lowest BCUT2D eigenvalue weighted by atomic mass is 10.1. The molecular weight excluding hydrogens is 392 g/mol. The molecule has 1 saturated heterocycles. The van der Waals surface area contributed by atoms with Crippen LogP contribution in [-0.4, -0.2) is 47.3 Å². The van der Waals surface area contributed by atoms with Crippen LogP contribution in [0.4, 0.5) is 0 Å². The molecule has 1 aliphatic heterocycles. The molecule has 6 nitrogen and oxygen atoms in total. The third-order valence-electron chi connectivity index (χ3n) is 5.80. The van der Waals surface area contributed by atoms with Crippen LogP contribution in [-0.2, 0) is 13.1 Å². The van der Waals surface area contributed by atoms with Crippen LogP contribution in [0.25, 0.3) is 0 Å². The van der Waals surface area contributed by atoms with Crippen LogP contribution in [0.3, 0.4) is 0 Å². The minimum absolute atomic E-state index is 0.0426. The predicted octanol–water partition coefficient (Wildman–Crippen LogP) is 4.13. The van der Waals surface area contributed by atoms with Gasteiger partial charge in [0.05, 0.1) is 20.4 Å². The Kier molecular flexibility index (Phi) is 6.30. The van der Waals surface area contributed by atoms with Crippen molar-refractivity contribution in [2.45, 2.75) is 19.3 Å². The number of nitrogens with zero attached hydrogens (tertiary/aromatic N) is 2. The summed E-state index contributed by atoms with van der Waals surface area (Å²) in [4.78, 5) is 4.66. The van der Waals surface area contributed by atoms with Crippen molar-refractivity contribution >= 4 is 0 Å². The highest BCUT2D eigenvalue weighted by Crippen LogP contribution is 2.38. The fourth-order valence-corrected chi connectivity index (χ4v) is 4.23. The molecule has 0 atom stereocenters. The molecule has 1 aliphatic rings. The van der Waals surface area contributed by atoms with Gasteiger partial charge < -0.3 is 19.7 Å². The van der Waals surface area contributed by atoms with E-state index in [2.05, 4.69) is 9.80 Å². The van der Waals surface area contributed by atoms with E-state index in [9.17, 15) is 10.2 Å². The molecular formula is C25H28N2O4. The lowest BCUT2D eigenvalue weighted by Crippen LogP contribution is -2.30. The van der Waals surface area contributed by atoms with E-state index in [0.717, 1.165) is 29.8 Å². The minimum atomic E-state index is -0.0426. The molecule has 2 N–H and O–H groups in total. The standard InChI is InChI=1S/C25H28N2O4/c1-30-23-12-11-18(15-24(23)31-2)25-26(16-19-7-3-5-9-21(19)28)13-14-27(25)17-20-8-4-6-10-22(20)29/h3-12,15,25,28-29H,13-14,16-17H2,1-2H3. The number of phenols is 2. The number of hydrogen-bond donors (Lipinski definition) is 2. The Bertz CT molecular complexity index is 984. The van der Waals surface area contributed by atoms with Crippen LogP contribution in [0.15, 0.2) is 66.7 Å². The Morgan fingerprint density at radius 3 is 1.74 bits per heavy atom. The highest BCUT2D eigenvalue weighted by Gasteiger charge is 2.34. The molecule has 0 aromatic heterocycles. The van der Waals surface area contributed by atoms with Gasteiger partial charge >= 0.3 is 0 Å². The Labute approximate surface area is 182 Å². The molecule has 0 bridgehead atoms. The minimum Gasteiger partial charge on any atom is -0.508 e. The Hall–Kier alpha value is -3.22. The van der Waals surface area contributed by atoms with Gasteiger partial charge in [0.2, 0.25) is 0 Å². The van der Waals surface area contributed by atoms with Crippen LogP contribution < -0.4 is 9.47 Å². The molecule has 162 valence electrons. The molecule has 4 rings (SSSR count). The van der Waals surface area contributed by atoms with Crippen molar-refractivity contribution in [1.29, 1.82) is 0 Å². The number of para-hydroxylation sites is 2. The lowest BCUT2D eigenvalue weighted by Gasteiger charge is -2.31. The van der Waals surface area contributed by atoms with Gasteiger partial charge in [-0.25, -0.2) is 0 Å². The number of hydrogen-bond acceptors (Lipinski definition) is 6. The van der Waals surface area contributed by atoms with E-state index in [-0.39, 0.29) is 6.17 Å². The summed E-state index contributed by atoms with van der Waals surface area (Å²) in [5, 5.41) is 20.6. The molecule has 31 heavy (non-hydrogen) atoms. The fourth-order valence-electron chi connectivity index (χ4n) is 4.23. The van der Waals surface area contributed by atoms with E-state index in [1.54, 1.807) is 26.4 Å². The van der Waals surface area contributed by atoms with Crippen LogP contribution >= 0.6 is 0 Å². The second-order valence-electron chi connectivity index (χ2n) is 7.69. The number of ether oxygens (including phenoxy) is 2. The topological polar surface area (TPSA) is 65.4 Å². The highest BCUT2D eigenvalue weighted by molar-refractivity contribution is 5.44. The molecule has 0 amide bonds. The first-order valence-corrected chi connectivity index (χ1v) is 10.3. The van der Waals surface area contributed by atoms with Gasteiger partial charge in [0.1, 0.15) is 11.5 Å². The summed E-state index contributed by atoms with van der Waals surface area (Å²) >= 11 is 0. The maximum Gasteiger partial charge on any atom is 0.161 e. The van der Waals surface area contributed by atoms with Crippen molar-refractivity contribution in [3.63, 3.8) is 0 Å². The van der Waals surface area contributed by atoms with Crippen LogP contribution in [0.1, 0.15) is 22.9 Å². The quantitative estimate of drug-likeness (QED) is 0.599. The maximum atomic E-state index is 10.3. The van der Waals surface area contributed by atoms with Crippen molar-refractivity contribution in [2.24, 2.45) is 0 Å². The highest BCUT2D eigenvalue weighted by atomic mass is 16.5. The zero-order valence-corrected chi connectivity index (χ0v) is 17.9. The van der Waals surface area contributed by atoms with E-state index < -0.39 is 0 Å². The molecule has 1 heterocycles. The van der Waals surface area contributed by atoms with E-state index >= 15 is 0 Å². The maximum absolute atomic E-state index is 10.3. The van der Waals surface area contributed by atoms with E-state index in [1.807, 2.05) is 54.6 Å². The summed E-state index contributed by atoms with van der Waals surface area (Å²) in [7, 11) is 3.26. The van der Waals surface area contributed by atoms with Gasteiger partial charge in [-0.05, 0) is 29.8 Å². The van der Waals surface area contributed by atoms with Gasteiger partial charge in [-0.1, -0.05) is 42.5 Å². The van der Waals surface area contributed by atoms with E-state index in [1.165, 1.54) is 0 Å².